The van der Waals surface area contributed by atoms with Crippen LogP contribution in [0.25, 0.3) is 0 Å². The molecule has 1 spiro atoms. The molecule has 0 radical (unpaired) electrons. The predicted molar refractivity (Wildman–Crippen MR) is 135 cm³/mol. The van der Waals surface area contributed by atoms with Crippen molar-refractivity contribution in [2.24, 2.45) is 5.92 Å². The number of likely N-dealkylation sites (N-methyl/N-ethyl adjacent to an activating group) is 2. The summed E-state index contributed by atoms with van der Waals surface area (Å²) >= 11 is 0. The molecule has 9 heteroatoms. The number of benzene rings is 2. The maximum absolute atomic E-state index is 13.4. The number of amides is 1. The number of carbonyl (C=O) groups is 1. The van der Waals surface area contributed by atoms with Crippen molar-refractivity contribution in [1.29, 1.82) is 0 Å². The van der Waals surface area contributed by atoms with E-state index in [1.165, 1.54) is 12.1 Å². The summed E-state index contributed by atoms with van der Waals surface area (Å²) in [6.45, 7) is 0.913. The van der Waals surface area contributed by atoms with Crippen molar-refractivity contribution < 1.29 is 32.5 Å². The lowest BCUT2D eigenvalue weighted by molar-refractivity contribution is -0.140. The SMILES string of the molecule is COc1cc(O)c2c3c1O[C@H]1[C@@H](N(C)C(=O)CCc4ccc(C(F)(F)F)cc4)CC[C@H]4[C@@H](C2)N(C)CC[C@@]341. The molecule has 2 aliphatic heterocycles. The highest BCUT2D eigenvalue weighted by Crippen LogP contribution is 2.65. The summed E-state index contributed by atoms with van der Waals surface area (Å²) in [6, 6.07) is 6.80. The zero-order chi connectivity index (χ0) is 27.0. The minimum atomic E-state index is -4.38. The normalized spacial score (nSPS) is 29.4. The lowest BCUT2D eigenvalue weighted by Gasteiger charge is -2.59. The summed E-state index contributed by atoms with van der Waals surface area (Å²) < 4.78 is 51.0. The lowest BCUT2D eigenvalue weighted by Crippen LogP contribution is -2.68. The Balaban J connectivity index is 1.27. The summed E-state index contributed by atoms with van der Waals surface area (Å²) in [6.07, 6.45) is -0.648. The summed E-state index contributed by atoms with van der Waals surface area (Å²) in [4.78, 5) is 17.6. The smallest absolute Gasteiger partial charge is 0.416 e. The molecular formula is C29H33F3N2O4. The van der Waals surface area contributed by atoms with Crippen LogP contribution in [0, 0.1) is 5.92 Å². The standard InChI is InChI=1S/C29H33F3N2O4/c1-33-13-12-28-19-9-10-20(34(2)24(36)11-6-16-4-7-17(8-5-16)29(30,31)32)27(28)38-26-23(37-3)15-22(35)18(25(26)28)14-21(19)33/h4-5,7-8,15,19-21,27,35H,6,9-14H2,1-3H3/t19-,20-,21+,27-,28-/m0/s1. The minimum Gasteiger partial charge on any atom is -0.508 e. The topological polar surface area (TPSA) is 62.2 Å². The maximum atomic E-state index is 13.4. The third-order valence-corrected chi connectivity index (χ3v) is 9.67. The quantitative estimate of drug-likeness (QED) is 0.615. The molecule has 1 N–H and O–H groups in total. The maximum Gasteiger partial charge on any atom is 0.416 e. The number of halogens is 3. The second kappa shape index (κ2) is 8.79. The molecule has 204 valence electrons. The second-order valence-corrected chi connectivity index (χ2v) is 11.3. The van der Waals surface area contributed by atoms with Crippen LogP contribution in [0.1, 0.15) is 47.9 Å². The van der Waals surface area contributed by atoms with E-state index in [0.717, 1.165) is 55.5 Å². The van der Waals surface area contributed by atoms with E-state index in [1.54, 1.807) is 18.1 Å². The number of phenols is 1. The van der Waals surface area contributed by atoms with Gasteiger partial charge in [-0.2, -0.15) is 13.2 Å². The fourth-order valence-corrected chi connectivity index (χ4v) is 7.78. The van der Waals surface area contributed by atoms with Gasteiger partial charge in [0.2, 0.25) is 5.91 Å². The zero-order valence-corrected chi connectivity index (χ0v) is 21.8. The monoisotopic (exact) mass is 530 g/mol. The number of phenolic OH excluding ortho intramolecular Hbond substituents is 1. The fraction of sp³-hybridized carbons (Fsp3) is 0.552. The molecule has 6 rings (SSSR count). The van der Waals surface area contributed by atoms with Crippen LogP contribution in [-0.2, 0) is 29.2 Å². The molecule has 0 unspecified atom stereocenters. The van der Waals surface area contributed by atoms with Gasteiger partial charge in [0.15, 0.2) is 11.5 Å². The number of hydrogen-bond donors (Lipinski definition) is 1. The zero-order valence-electron chi connectivity index (χ0n) is 21.8. The van der Waals surface area contributed by atoms with Gasteiger partial charge in [0, 0.05) is 42.1 Å². The van der Waals surface area contributed by atoms with Crippen molar-refractivity contribution in [3.63, 3.8) is 0 Å². The molecule has 38 heavy (non-hydrogen) atoms. The average Bonchev–Trinajstić information content (AvgIpc) is 3.24. The highest BCUT2D eigenvalue weighted by molar-refractivity contribution is 5.77. The highest BCUT2D eigenvalue weighted by atomic mass is 19.4. The first-order valence-corrected chi connectivity index (χ1v) is 13.3. The number of rotatable bonds is 5. The van der Waals surface area contributed by atoms with Crippen LogP contribution in [0.2, 0.25) is 0 Å². The molecule has 2 fully saturated rings. The Morgan fingerprint density at radius 2 is 2.00 bits per heavy atom. The Morgan fingerprint density at radius 3 is 2.68 bits per heavy atom. The molecule has 6 nitrogen and oxygen atoms in total. The van der Waals surface area contributed by atoms with Crippen molar-refractivity contribution in [3.8, 4) is 17.2 Å². The Labute approximate surface area is 220 Å². The molecule has 1 saturated carbocycles. The van der Waals surface area contributed by atoms with Crippen LogP contribution < -0.4 is 9.47 Å². The first kappa shape index (κ1) is 25.3. The number of alkyl halides is 3. The van der Waals surface area contributed by atoms with Crippen molar-refractivity contribution in [2.75, 3.05) is 27.7 Å². The molecule has 1 saturated heterocycles. The molecule has 2 heterocycles. The molecule has 2 aromatic rings. The van der Waals surface area contributed by atoms with Crippen molar-refractivity contribution in [3.05, 3.63) is 52.6 Å². The molecule has 4 aliphatic rings. The summed E-state index contributed by atoms with van der Waals surface area (Å²) in [7, 11) is 5.54. The van der Waals surface area contributed by atoms with E-state index < -0.39 is 11.7 Å². The van der Waals surface area contributed by atoms with Crippen molar-refractivity contribution >= 4 is 5.91 Å². The molecule has 0 aromatic heterocycles. The van der Waals surface area contributed by atoms with Gasteiger partial charge in [0.05, 0.1) is 18.7 Å². The predicted octanol–water partition coefficient (Wildman–Crippen LogP) is 4.55. The first-order valence-electron chi connectivity index (χ1n) is 13.3. The summed E-state index contributed by atoms with van der Waals surface area (Å²) in [5, 5.41) is 11.0. The molecular weight excluding hydrogens is 497 g/mol. The number of hydrogen-bond acceptors (Lipinski definition) is 5. The van der Waals surface area contributed by atoms with Gasteiger partial charge in [0.25, 0.3) is 0 Å². The molecule has 2 bridgehead atoms. The van der Waals surface area contributed by atoms with E-state index in [2.05, 4.69) is 11.9 Å². The Hall–Kier alpha value is -2.94. The number of carbonyl (C=O) groups excluding carboxylic acids is 1. The van der Waals surface area contributed by atoms with E-state index in [1.807, 2.05) is 7.05 Å². The van der Waals surface area contributed by atoms with Gasteiger partial charge in [-0.1, -0.05) is 12.1 Å². The van der Waals surface area contributed by atoms with Gasteiger partial charge >= 0.3 is 6.18 Å². The number of nitrogens with zero attached hydrogens (tertiary/aromatic N) is 2. The Morgan fingerprint density at radius 1 is 1.26 bits per heavy atom. The number of likely N-dealkylation sites (tertiary alicyclic amines) is 1. The van der Waals surface area contributed by atoms with Crippen LogP contribution in [0.15, 0.2) is 30.3 Å². The Kier molecular flexibility index (Phi) is 5.87. The van der Waals surface area contributed by atoms with Gasteiger partial charge in [-0.25, -0.2) is 0 Å². The van der Waals surface area contributed by atoms with Gasteiger partial charge in [0.1, 0.15) is 11.9 Å². The lowest BCUT2D eigenvalue weighted by atomic mass is 9.51. The largest absolute Gasteiger partial charge is 0.508 e. The van der Waals surface area contributed by atoms with E-state index in [-0.39, 0.29) is 35.6 Å². The van der Waals surface area contributed by atoms with Gasteiger partial charge in [-0.15, -0.1) is 0 Å². The van der Waals surface area contributed by atoms with Gasteiger partial charge in [-0.3, -0.25) is 4.79 Å². The van der Waals surface area contributed by atoms with E-state index in [4.69, 9.17) is 9.47 Å². The van der Waals surface area contributed by atoms with Crippen LogP contribution >= 0.6 is 0 Å². The highest BCUT2D eigenvalue weighted by Gasteiger charge is 2.66. The van der Waals surface area contributed by atoms with Crippen LogP contribution in [0.4, 0.5) is 13.2 Å². The van der Waals surface area contributed by atoms with Gasteiger partial charge in [-0.05, 0) is 69.3 Å². The van der Waals surface area contributed by atoms with Crippen LogP contribution in [0.3, 0.4) is 0 Å². The molecule has 2 aliphatic carbocycles. The van der Waals surface area contributed by atoms with Crippen LogP contribution in [-0.4, -0.2) is 66.8 Å². The number of aromatic hydroxyl groups is 1. The fourth-order valence-electron chi connectivity index (χ4n) is 7.78. The van der Waals surface area contributed by atoms with E-state index in [9.17, 15) is 23.1 Å². The van der Waals surface area contributed by atoms with Crippen LogP contribution in [0.5, 0.6) is 17.2 Å². The van der Waals surface area contributed by atoms with Crippen molar-refractivity contribution in [1.82, 2.24) is 9.80 Å². The Bertz CT molecular complexity index is 1260. The van der Waals surface area contributed by atoms with E-state index >= 15 is 0 Å². The number of piperidine rings is 1. The molecule has 2 aromatic carbocycles. The van der Waals surface area contributed by atoms with Gasteiger partial charge < -0.3 is 24.4 Å². The minimum absolute atomic E-state index is 0.0559. The number of aryl methyl sites for hydroxylation is 1. The van der Waals surface area contributed by atoms with Crippen molar-refractivity contribution in [2.45, 2.75) is 68.3 Å². The third-order valence-electron chi connectivity index (χ3n) is 9.67. The average molecular weight is 531 g/mol. The molecule has 5 atom stereocenters. The van der Waals surface area contributed by atoms with E-state index in [0.29, 0.717) is 35.4 Å². The molecule has 1 amide bonds. The summed E-state index contributed by atoms with van der Waals surface area (Å²) in [5.41, 5.74) is 1.72. The number of ether oxygens (including phenoxy) is 2. The third kappa shape index (κ3) is 3.61. The number of methoxy groups -OCH3 is 1. The second-order valence-electron chi connectivity index (χ2n) is 11.3. The summed E-state index contributed by atoms with van der Waals surface area (Å²) in [5.74, 6) is 1.77. The first-order chi connectivity index (χ1) is 18.1.